The first kappa shape index (κ1) is 13.5. The van der Waals surface area contributed by atoms with Gasteiger partial charge in [0.25, 0.3) is 11.4 Å². The second kappa shape index (κ2) is 5.79. The predicted molar refractivity (Wildman–Crippen MR) is 73.5 cm³/mol. The molecule has 0 unspecified atom stereocenters. The second-order valence-corrected chi connectivity index (χ2v) is 4.01. The Labute approximate surface area is 114 Å². The number of para-hydroxylation sites is 3. The molecule has 0 radical (unpaired) electrons. The molecule has 0 aliphatic heterocycles. The lowest BCUT2D eigenvalue weighted by Crippen LogP contribution is -2.04. The Morgan fingerprint density at radius 2 is 1.40 bits per heavy atom. The van der Waals surface area contributed by atoms with Crippen LogP contribution >= 0.6 is 0 Å². The molecule has 20 heavy (non-hydrogen) atoms. The van der Waals surface area contributed by atoms with Crippen LogP contribution in [0.4, 0.5) is 17.1 Å². The average molecular weight is 273 g/mol. The largest absolute Gasteiger partial charge is 0.375 e. The Bertz CT molecular complexity index is 600. The van der Waals surface area contributed by atoms with Gasteiger partial charge in [0, 0.05) is 24.2 Å². The molecule has 0 bridgehead atoms. The lowest BCUT2D eigenvalue weighted by Gasteiger charge is -2.07. The molecular formula is C13H11N3O4. The molecule has 0 amide bonds. The average Bonchev–Trinajstić information content (AvgIpc) is 2.45. The molecular weight excluding hydrogens is 262 g/mol. The molecule has 0 atom stereocenters. The maximum absolute atomic E-state index is 10.9. The third kappa shape index (κ3) is 2.89. The van der Waals surface area contributed by atoms with Gasteiger partial charge in [0.15, 0.2) is 0 Å². The molecule has 102 valence electrons. The summed E-state index contributed by atoms with van der Waals surface area (Å²) in [6.45, 7) is 0.141. The standard InChI is InChI=1S/C13H11N3O4/c17-15(18)12-7-3-1-5-10(12)9-14-11-6-2-4-8-13(11)16(19)20/h1-8,14H,9H2. The predicted octanol–water partition coefficient (Wildman–Crippen LogP) is 3.12. The number of hydrogen-bond acceptors (Lipinski definition) is 5. The van der Waals surface area contributed by atoms with Gasteiger partial charge in [-0.25, -0.2) is 0 Å². The first-order valence-electron chi connectivity index (χ1n) is 5.79. The molecule has 0 heterocycles. The number of nitro benzene ring substituents is 2. The van der Waals surface area contributed by atoms with Crippen molar-refractivity contribution < 1.29 is 9.85 Å². The van der Waals surface area contributed by atoms with Crippen molar-refractivity contribution in [3.63, 3.8) is 0 Å². The van der Waals surface area contributed by atoms with Crippen molar-refractivity contribution in [1.82, 2.24) is 0 Å². The highest BCUT2D eigenvalue weighted by Gasteiger charge is 2.15. The van der Waals surface area contributed by atoms with Gasteiger partial charge in [-0.2, -0.15) is 0 Å². The van der Waals surface area contributed by atoms with Crippen LogP contribution in [-0.2, 0) is 6.54 Å². The molecule has 7 nitrogen and oxygen atoms in total. The van der Waals surface area contributed by atoms with Crippen molar-refractivity contribution in [2.24, 2.45) is 0 Å². The lowest BCUT2D eigenvalue weighted by molar-refractivity contribution is -0.385. The SMILES string of the molecule is O=[N+]([O-])c1ccccc1CNc1ccccc1[N+](=O)[O-]. The first-order valence-corrected chi connectivity index (χ1v) is 5.79. The van der Waals surface area contributed by atoms with Gasteiger partial charge in [-0.05, 0) is 6.07 Å². The Morgan fingerprint density at radius 3 is 2.05 bits per heavy atom. The fraction of sp³-hybridized carbons (Fsp3) is 0.0769. The number of benzene rings is 2. The third-order valence-corrected chi connectivity index (χ3v) is 2.76. The third-order valence-electron chi connectivity index (χ3n) is 2.76. The zero-order chi connectivity index (χ0) is 14.5. The van der Waals surface area contributed by atoms with E-state index in [9.17, 15) is 20.2 Å². The summed E-state index contributed by atoms with van der Waals surface area (Å²) in [6.07, 6.45) is 0. The highest BCUT2D eigenvalue weighted by atomic mass is 16.6. The maximum atomic E-state index is 10.9. The molecule has 0 fully saturated rings. The number of nitrogens with zero attached hydrogens (tertiary/aromatic N) is 2. The minimum Gasteiger partial charge on any atom is -0.375 e. The highest BCUT2D eigenvalue weighted by molar-refractivity contribution is 5.61. The van der Waals surface area contributed by atoms with Crippen LogP contribution in [0.2, 0.25) is 0 Å². The van der Waals surface area contributed by atoms with Crippen LogP contribution in [0.5, 0.6) is 0 Å². The van der Waals surface area contributed by atoms with Crippen LogP contribution in [0.25, 0.3) is 0 Å². The molecule has 2 rings (SSSR count). The molecule has 1 N–H and O–H groups in total. The summed E-state index contributed by atoms with van der Waals surface area (Å²) in [5.41, 5.74) is 0.718. The molecule has 0 spiro atoms. The Balaban J connectivity index is 2.22. The van der Waals surface area contributed by atoms with Crippen LogP contribution in [0, 0.1) is 20.2 Å². The number of nitro groups is 2. The molecule has 0 aliphatic rings. The number of rotatable bonds is 5. The van der Waals surface area contributed by atoms with E-state index >= 15 is 0 Å². The van der Waals surface area contributed by atoms with Crippen molar-refractivity contribution in [3.05, 3.63) is 74.3 Å². The minimum absolute atomic E-state index is 0.0152. The molecule has 0 saturated heterocycles. The van der Waals surface area contributed by atoms with Gasteiger partial charge in [-0.1, -0.05) is 30.3 Å². The monoisotopic (exact) mass is 273 g/mol. The smallest absolute Gasteiger partial charge is 0.292 e. The Morgan fingerprint density at radius 1 is 0.850 bits per heavy atom. The van der Waals surface area contributed by atoms with Gasteiger partial charge in [0.05, 0.1) is 9.85 Å². The van der Waals surface area contributed by atoms with Gasteiger partial charge < -0.3 is 5.32 Å². The van der Waals surface area contributed by atoms with E-state index in [1.165, 1.54) is 12.1 Å². The van der Waals surface area contributed by atoms with Crippen molar-refractivity contribution in [3.8, 4) is 0 Å². The summed E-state index contributed by atoms with van der Waals surface area (Å²) >= 11 is 0. The van der Waals surface area contributed by atoms with Crippen LogP contribution in [-0.4, -0.2) is 9.85 Å². The quantitative estimate of drug-likeness (QED) is 0.666. The van der Waals surface area contributed by atoms with E-state index in [-0.39, 0.29) is 17.9 Å². The Kier molecular flexibility index (Phi) is 3.90. The molecule has 2 aromatic rings. The number of nitrogens with one attached hydrogen (secondary N) is 1. The van der Waals surface area contributed by atoms with E-state index in [1.807, 2.05) is 0 Å². The summed E-state index contributed by atoms with van der Waals surface area (Å²) < 4.78 is 0. The number of hydrogen-bond donors (Lipinski definition) is 1. The molecule has 7 heteroatoms. The summed E-state index contributed by atoms with van der Waals surface area (Å²) in [5, 5.41) is 24.6. The summed E-state index contributed by atoms with van der Waals surface area (Å²) in [5.74, 6) is 0. The fourth-order valence-corrected chi connectivity index (χ4v) is 1.81. The van der Waals surface area contributed by atoms with Crippen molar-refractivity contribution in [2.45, 2.75) is 6.54 Å². The van der Waals surface area contributed by atoms with Crippen molar-refractivity contribution >= 4 is 17.1 Å². The zero-order valence-corrected chi connectivity index (χ0v) is 10.4. The van der Waals surface area contributed by atoms with Gasteiger partial charge in [-0.15, -0.1) is 0 Å². The van der Waals surface area contributed by atoms with E-state index < -0.39 is 9.85 Å². The van der Waals surface area contributed by atoms with E-state index in [0.29, 0.717) is 11.3 Å². The molecule has 0 aliphatic carbocycles. The van der Waals surface area contributed by atoms with E-state index in [0.717, 1.165) is 0 Å². The van der Waals surface area contributed by atoms with Crippen molar-refractivity contribution in [2.75, 3.05) is 5.32 Å². The van der Waals surface area contributed by atoms with Crippen LogP contribution in [0.3, 0.4) is 0 Å². The molecule has 0 aromatic heterocycles. The topological polar surface area (TPSA) is 98.3 Å². The summed E-state index contributed by atoms with van der Waals surface area (Å²) in [7, 11) is 0. The normalized spacial score (nSPS) is 10.0. The highest BCUT2D eigenvalue weighted by Crippen LogP contribution is 2.25. The lowest BCUT2D eigenvalue weighted by atomic mass is 10.1. The van der Waals surface area contributed by atoms with E-state index in [1.54, 1.807) is 36.4 Å². The molecule has 2 aromatic carbocycles. The van der Waals surface area contributed by atoms with E-state index in [2.05, 4.69) is 5.32 Å². The minimum atomic E-state index is -0.498. The van der Waals surface area contributed by atoms with Gasteiger partial charge >= 0.3 is 0 Å². The van der Waals surface area contributed by atoms with E-state index in [4.69, 9.17) is 0 Å². The second-order valence-electron chi connectivity index (χ2n) is 4.01. The van der Waals surface area contributed by atoms with Crippen LogP contribution in [0.15, 0.2) is 48.5 Å². The first-order chi connectivity index (χ1) is 9.59. The summed E-state index contributed by atoms with van der Waals surface area (Å²) in [4.78, 5) is 20.8. The maximum Gasteiger partial charge on any atom is 0.292 e. The van der Waals surface area contributed by atoms with Gasteiger partial charge in [-0.3, -0.25) is 20.2 Å². The van der Waals surface area contributed by atoms with Gasteiger partial charge in [0.1, 0.15) is 5.69 Å². The van der Waals surface area contributed by atoms with Gasteiger partial charge in [0.2, 0.25) is 0 Å². The zero-order valence-electron chi connectivity index (χ0n) is 10.4. The van der Waals surface area contributed by atoms with Crippen LogP contribution in [0.1, 0.15) is 5.56 Å². The fourth-order valence-electron chi connectivity index (χ4n) is 1.81. The Hall–Kier alpha value is -2.96. The summed E-state index contributed by atoms with van der Waals surface area (Å²) in [6, 6.07) is 12.4. The van der Waals surface area contributed by atoms with Crippen molar-refractivity contribution in [1.29, 1.82) is 0 Å². The molecule has 0 saturated carbocycles. The van der Waals surface area contributed by atoms with Crippen LogP contribution < -0.4 is 5.32 Å². The number of anilines is 1.